The van der Waals surface area contributed by atoms with Crippen molar-refractivity contribution in [1.29, 1.82) is 0 Å². The van der Waals surface area contributed by atoms with Gasteiger partial charge in [0, 0.05) is 13.7 Å². The summed E-state index contributed by atoms with van der Waals surface area (Å²) in [4.78, 5) is 27.5. The Balaban J connectivity index is 2.06. The zero-order chi connectivity index (χ0) is 32.2. The highest BCUT2D eigenvalue weighted by molar-refractivity contribution is 6.74. The van der Waals surface area contributed by atoms with Gasteiger partial charge in [-0.05, 0) is 54.0 Å². The molecule has 0 radical (unpaired) electrons. The number of hydrogen-bond donors (Lipinski definition) is 1. The fraction of sp³-hybridized carbons (Fsp3) is 0.576. The van der Waals surface area contributed by atoms with E-state index < -0.39 is 53.3 Å². The van der Waals surface area contributed by atoms with E-state index in [4.69, 9.17) is 23.1 Å². The van der Waals surface area contributed by atoms with Gasteiger partial charge >= 0.3 is 5.97 Å². The standard InChI is InChI=1S/C33H51NO7Si2/c1-32(2,3)42(8,9)40-27(29(35)34-22-23-18-14-12-15-19-23)25-26(38-30(36)24-20-16-13-17-21-24)28(31(37-7)39-25)41-43(10,11)33(4,5)6/h12-21,25-28,31H,22H2,1-11H3,(H,34,35)/t25-,26?,27+,28?,31?/m1/s1. The Morgan fingerprint density at radius 3 is 1.88 bits per heavy atom. The highest BCUT2D eigenvalue weighted by Gasteiger charge is 2.57. The summed E-state index contributed by atoms with van der Waals surface area (Å²) in [6.45, 7) is 21.5. The topological polar surface area (TPSA) is 92.3 Å². The molecule has 0 bridgehead atoms. The summed E-state index contributed by atoms with van der Waals surface area (Å²) in [5.74, 6) is -0.877. The molecule has 1 saturated heterocycles. The van der Waals surface area contributed by atoms with Crippen molar-refractivity contribution in [2.45, 2.75) is 115 Å². The summed E-state index contributed by atoms with van der Waals surface area (Å²) in [6.07, 6.45) is -4.67. The molecule has 0 aromatic heterocycles. The molecular formula is C33H51NO7Si2. The van der Waals surface area contributed by atoms with Crippen LogP contribution in [0, 0.1) is 0 Å². The minimum absolute atomic E-state index is 0.137. The number of amides is 1. The van der Waals surface area contributed by atoms with Crippen molar-refractivity contribution in [3.8, 4) is 0 Å². The summed E-state index contributed by atoms with van der Waals surface area (Å²) in [5, 5.41) is 2.71. The normalized spacial score (nSPS) is 22.2. The number of carbonyl (C=O) groups is 2. The van der Waals surface area contributed by atoms with Crippen LogP contribution >= 0.6 is 0 Å². The van der Waals surface area contributed by atoms with Crippen LogP contribution in [-0.2, 0) is 34.4 Å². The van der Waals surface area contributed by atoms with E-state index in [9.17, 15) is 9.59 Å². The SMILES string of the molecule is COC1O[C@@H]([C@H](O[Si](C)(C)C(C)(C)C)C(=O)NCc2ccccc2)C(OC(=O)c2ccccc2)C1O[Si](C)(C)C(C)(C)C. The molecule has 238 valence electrons. The Bertz CT molecular complexity index is 1210. The Hall–Kier alpha value is -2.35. The van der Waals surface area contributed by atoms with Crippen molar-refractivity contribution in [2.75, 3.05) is 7.11 Å². The van der Waals surface area contributed by atoms with E-state index in [-0.39, 0.29) is 16.0 Å². The second-order valence-electron chi connectivity index (χ2n) is 14.3. The highest BCUT2D eigenvalue weighted by atomic mass is 28.4. The van der Waals surface area contributed by atoms with Crippen molar-refractivity contribution < 1.29 is 32.7 Å². The predicted octanol–water partition coefficient (Wildman–Crippen LogP) is 6.68. The molecule has 1 aliphatic rings. The van der Waals surface area contributed by atoms with E-state index in [0.29, 0.717) is 12.1 Å². The number of carbonyl (C=O) groups excluding carboxylic acids is 2. The molecule has 10 heteroatoms. The number of hydrogen-bond acceptors (Lipinski definition) is 7. The predicted molar refractivity (Wildman–Crippen MR) is 174 cm³/mol. The van der Waals surface area contributed by atoms with Crippen LogP contribution in [0.1, 0.15) is 57.5 Å². The fourth-order valence-corrected chi connectivity index (χ4v) is 6.78. The van der Waals surface area contributed by atoms with Crippen LogP contribution in [0.2, 0.25) is 36.3 Å². The van der Waals surface area contributed by atoms with E-state index in [1.165, 1.54) is 7.11 Å². The second kappa shape index (κ2) is 13.7. The zero-order valence-electron chi connectivity index (χ0n) is 27.7. The molecule has 1 N–H and O–H groups in total. The molecular weight excluding hydrogens is 579 g/mol. The minimum Gasteiger partial charge on any atom is -0.453 e. The number of rotatable bonds is 11. The molecule has 0 aliphatic carbocycles. The van der Waals surface area contributed by atoms with Crippen molar-refractivity contribution in [3.05, 3.63) is 71.8 Å². The Labute approximate surface area is 260 Å². The highest BCUT2D eigenvalue weighted by Crippen LogP contribution is 2.43. The van der Waals surface area contributed by atoms with E-state index in [0.717, 1.165) is 5.56 Å². The largest absolute Gasteiger partial charge is 0.453 e. The van der Waals surface area contributed by atoms with E-state index in [2.05, 4.69) is 73.0 Å². The lowest BCUT2D eigenvalue weighted by atomic mass is 10.0. The van der Waals surface area contributed by atoms with E-state index in [1.54, 1.807) is 24.3 Å². The summed E-state index contributed by atoms with van der Waals surface area (Å²) < 4.78 is 32.1. The molecule has 0 spiro atoms. The van der Waals surface area contributed by atoms with Crippen LogP contribution in [0.15, 0.2) is 60.7 Å². The van der Waals surface area contributed by atoms with Crippen molar-refractivity contribution >= 4 is 28.5 Å². The van der Waals surface area contributed by atoms with Crippen molar-refractivity contribution in [1.82, 2.24) is 5.32 Å². The average molecular weight is 630 g/mol. The quantitative estimate of drug-likeness (QED) is 0.219. The van der Waals surface area contributed by atoms with Crippen LogP contribution in [0.5, 0.6) is 0 Å². The zero-order valence-corrected chi connectivity index (χ0v) is 29.7. The first-order valence-corrected chi connectivity index (χ1v) is 20.8. The lowest BCUT2D eigenvalue weighted by Gasteiger charge is -2.41. The van der Waals surface area contributed by atoms with Gasteiger partial charge in [0.2, 0.25) is 0 Å². The lowest BCUT2D eigenvalue weighted by Crippen LogP contribution is -2.57. The van der Waals surface area contributed by atoms with Gasteiger partial charge in [-0.2, -0.15) is 0 Å². The molecule has 43 heavy (non-hydrogen) atoms. The molecule has 8 nitrogen and oxygen atoms in total. The van der Waals surface area contributed by atoms with E-state index >= 15 is 0 Å². The van der Waals surface area contributed by atoms with Crippen LogP contribution in [0.3, 0.4) is 0 Å². The van der Waals surface area contributed by atoms with Crippen molar-refractivity contribution in [3.63, 3.8) is 0 Å². The molecule has 5 atom stereocenters. The van der Waals surface area contributed by atoms with Crippen LogP contribution in [-0.4, -0.2) is 66.3 Å². The third-order valence-corrected chi connectivity index (χ3v) is 18.0. The molecule has 1 amide bonds. The Morgan fingerprint density at radius 2 is 1.37 bits per heavy atom. The van der Waals surface area contributed by atoms with Crippen molar-refractivity contribution in [2.24, 2.45) is 0 Å². The number of benzene rings is 2. The first kappa shape index (κ1) is 35.1. The number of nitrogens with one attached hydrogen (secondary N) is 1. The monoisotopic (exact) mass is 629 g/mol. The first-order chi connectivity index (χ1) is 19.9. The molecule has 3 rings (SSSR count). The fourth-order valence-electron chi connectivity index (χ4n) is 4.27. The molecule has 1 aliphatic heterocycles. The van der Waals surface area contributed by atoms with Crippen LogP contribution in [0.4, 0.5) is 0 Å². The number of esters is 1. The summed E-state index contributed by atoms with van der Waals surface area (Å²) in [6, 6.07) is 18.5. The average Bonchev–Trinajstić information content (AvgIpc) is 3.26. The van der Waals surface area contributed by atoms with Gasteiger partial charge < -0.3 is 28.4 Å². The maximum Gasteiger partial charge on any atom is 0.338 e. The summed E-state index contributed by atoms with van der Waals surface area (Å²) in [7, 11) is -3.40. The third kappa shape index (κ3) is 8.64. The van der Waals surface area contributed by atoms with Gasteiger partial charge in [-0.15, -0.1) is 0 Å². The summed E-state index contributed by atoms with van der Waals surface area (Å²) >= 11 is 0. The molecule has 2 aromatic rings. The molecule has 0 saturated carbocycles. The van der Waals surface area contributed by atoms with Gasteiger partial charge in [-0.1, -0.05) is 90.1 Å². The smallest absolute Gasteiger partial charge is 0.338 e. The third-order valence-electron chi connectivity index (χ3n) is 9.02. The first-order valence-electron chi connectivity index (χ1n) is 15.0. The van der Waals surface area contributed by atoms with Gasteiger partial charge in [-0.25, -0.2) is 4.79 Å². The number of methoxy groups -OCH3 is 1. The second-order valence-corrected chi connectivity index (χ2v) is 23.8. The summed E-state index contributed by atoms with van der Waals surface area (Å²) in [5.41, 5.74) is 1.35. The van der Waals surface area contributed by atoms with Gasteiger partial charge in [0.25, 0.3) is 5.91 Å². The van der Waals surface area contributed by atoms with Gasteiger partial charge in [0.1, 0.15) is 12.2 Å². The minimum atomic E-state index is -2.53. The maximum atomic E-state index is 14.0. The van der Waals surface area contributed by atoms with E-state index in [1.807, 2.05) is 36.4 Å². The lowest BCUT2D eigenvalue weighted by molar-refractivity contribution is -0.166. The van der Waals surface area contributed by atoms with Crippen LogP contribution < -0.4 is 5.32 Å². The molecule has 1 heterocycles. The van der Waals surface area contributed by atoms with Gasteiger partial charge in [0.15, 0.2) is 35.1 Å². The van der Waals surface area contributed by atoms with Gasteiger partial charge in [-0.3, -0.25) is 4.79 Å². The molecule has 2 aromatic carbocycles. The molecule has 3 unspecified atom stereocenters. The Morgan fingerprint density at radius 1 is 0.837 bits per heavy atom. The van der Waals surface area contributed by atoms with Gasteiger partial charge in [0.05, 0.1) is 5.56 Å². The maximum absolute atomic E-state index is 14.0. The molecule has 1 fully saturated rings. The number of ether oxygens (including phenoxy) is 3. The van der Waals surface area contributed by atoms with Crippen LogP contribution in [0.25, 0.3) is 0 Å². The Kier molecular flexibility index (Phi) is 11.2.